The van der Waals surface area contributed by atoms with Crippen molar-refractivity contribution in [1.29, 1.82) is 0 Å². The van der Waals surface area contributed by atoms with Crippen LogP contribution in [0.5, 0.6) is 0 Å². The summed E-state index contributed by atoms with van der Waals surface area (Å²) in [5.41, 5.74) is 3.52. The van der Waals surface area contributed by atoms with Gasteiger partial charge in [-0.1, -0.05) is 45.8 Å². The largest absolute Gasteiger partial charge is 0.507 e. The lowest BCUT2D eigenvalue weighted by molar-refractivity contribution is -0.132. The van der Waals surface area contributed by atoms with E-state index in [1.165, 1.54) is 4.90 Å². The summed E-state index contributed by atoms with van der Waals surface area (Å²) in [4.78, 5) is 31.9. The summed E-state index contributed by atoms with van der Waals surface area (Å²) >= 11 is 3.44. The summed E-state index contributed by atoms with van der Waals surface area (Å²) in [6.45, 7) is 3.84. The van der Waals surface area contributed by atoms with Crippen LogP contribution < -0.4 is 4.90 Å². The van der Waals surface area contributed by atoms with Crippen molar-refractivity contribution in [2.75, 3.05) is 4.90 Å². The van der Waals surface area contributed by atoms with Crippen molar-refractivity contribution in [3.8, 4) is 0 Å². The van der Waals surface area contributed by atoms with Gasteiger partial charge in [-0.25, -0.2) is 0 Å². The number of carbonyl (C=O) groups excluding carboxylic acids is 2. The first-order valence-corrected chi connectivity index (χ1v) is 10.2. The predicted octanol–water partition coefficient (Wildman–Crippen LogP) is 5.09. The van der Waals surface area contributed by atoms with E-state index in [1.807, 2.05) is 26.0 Å². The third kappa shape index (κ3) is 3.44. The van der Waals surface area contributed by atoms with Crippen molar-refractivity contribution in [3.63, 3.8) is 0 Å². The Bertz CT molecular complexity index is 1170. The lowest BCUT2D eigenvalue weighted by atomic mass is 9.97. The molecule has 30 heavy (non-hydrogen) atoms. The van der Waals surface area contributed by atoms with E-state index in [0.717, 1.165) is 15.6 Å². The second-order valence-corrected chi connectivity index (χ2v) is 8.08. The maximum Gasteiger partial charge on any atom is 0.300 e. The number of amides is 1. The smallest absolute Gasteiger partial charge is 0.300 e. The van der Waals surface area contributed by atoms with Crippen LogP contribution in [0.1, 0.15) is 28.4 Å². The second-order valence-electron chi connectivity index (χ2n) is 7.22. The molecule has 1 N–H and O–H groups in total. The molecule has 1 unspecified atom stereocenters. The number of aliphatic hydroxyl groups is 1. The molecule has 1 aliphatic heterocycles. The Morgan fingerprint density at radius 2 is 1.77 bits per heavy atom. The number of aliphatic hydroxyl groups excluding tert-OH is 1. The lowest BCUT2D eigenvalue weighted by Crippen LogP contribution is -2.29. The molecule has 0 spiro atoms. The number of anilines is 1. The van der Waals surface area contributed by atoms with Gasteiger partial charge >= 0.3 is 0 Å². The number of aromatic nitrogens is 1. The fourth-order valence-electron chi connectivity index (χ4n) is 3.57. The van der Waals surface area contributed by atoms with Gasteiger partial charge in [0, 0.05) is 21.9 Å². The zero-order valence-electron chi connectivity index (χ0n) is 16.5. The van der Waals surface area contributed by atoms with Gasteiger partial charge in [-0.3, -0.25) is 19.5 Å². The average molecular weight is 463 g/mol. The lowest BCUT2D eigenvalue weighted by Gasteiger charge is -2.24. The van der Waals surface area contributed by atoms with E-state index in [0.29, 0.717) is 16.9 Å². The van der Waals surface area contributed by atoms with Gasteiger partial charge < -0.3 is 5.11 Å². The van der Waals surface area contributed by atoms with Crippen LogP contribution in [-0.4, -0.2) is 21.8 Å². The van der Waals surface area contributed by atoms with Crippen LogP contribution in [0.3, 0.4) is 0 Å². The number of benzene rings is 2. The Labute approximate surface area is 182 Å². The van der Waals surface area contributed by atoms with Gasteiger partial charge in [0.25, 0.3) is 11.7 Å². The van der Waals surface area contributed by atoms with Crippen molar-refractivity contribution in [3.05, 3.63) is 99.3 Å². The van der Waals surface area contributed by atoms with Crippen LogP contribution >= 0.6 is 15.9 Å². The molecule has 1 fully saturated rings. The van der Waals surface area contributed by atoms with Crippen LogP contribution in [0.2, 0.25) is 0 Å². The van der Waals surface area contributed by atoms with Gasteiger partial charge in [0.15, 0.2) is 0 Å². The minimum atomic E-state index is -0.821. The van der Waals surface area contributed by atoms with E-state index in [9.17, 15) is 14.7 Å². The third-order valence-electron chi connectivity index (χ3n) is 5.16. The molecule has 0 bridgehead atoms. The molecular formula is C24H19BrN2O3. The van der Waals surface area contributed by atoms with E-state index in [4.69, 9.17) is 0 Å². The molecule has 1 aromatic heterocycles. The van der Waals surface area contributed by atoms with E-state index in [-0.39, 0.29) is 11.3 Å². The fourth-order valence-corrected chi connectivity index (χ4v) is 3.82. The van der Waals surface area contributed by atoms with Crippen molar-refractivity contribution >= 4 is 39.1 Å². The standard InChI is InChI=1S/C24H19BrN2O3/c1-14-6-9-17(10-7-14)27-21(19-5-3-4-12-26-19)20(23(29)24(27)30)22(28)16-8-11-18(25)15(2)13-16/h3-13,21,28H,1-2H3/b22-20-. The topological polar surface area (TPSA) is 70.5 Å². The molecule has 1 aliphatic rings. The first-order valence-electron chi connectivity index (χ1n) is 9.43. The number of Topliss-reactive ketones (excluding diaryl/α,β-unsaturated/α-hetero) is 1. The van der Waals surface area contributed by atoms with Gasteiger partial charge in [-0.15, -0.1) is 0 Å². The van der Waals surface area contributed by atoms with Crippen molar-refractivity contribution in [2.24, 2.45) is 0 Å². The monoisotopic (exact) mass is 462 g/mol. The SMILES string of the molecule is Cc1ccc(N2C(=O)C(=O)/C(=C(\O)c3ccc(Br)c(C)c3)C2c2ccccn2)cc1. The third-order valence-corrected chi connectivity index (χ3v) is 6.05. The fraction of sp³-hybridized carbons (Fsp3) is 0.125. The van der Waals surface area contributed by atoms with Gasteiger partial charge in [0.1, 0.15) is 11.8 Å². The Morgan fingerprint density at radius 1 is 1.03 bits per heavy atom. The molecule has 1 saturated heterocycles. The Kier molecular flexibility index (Phi) is 5.26. The van der Waals surface area contributed by atoms with E-state index >= 15 is 0 Å². The summed E-state index contributed by atoms with van der Waals surface area (Å²) in [6, 6.07) is 17.1. The minimum absolute atomic E-state index is 0.0287. The highest BCUT2D eigenvalue weighted by atomic mass is 79.9. The van der Waals surface area contributed by atoms with Crippen LogP contribution in [-0.2, 0) is 9.59 Å². The summed E-state index contributed by atoms with van der Waals surface area (Å²) in [7, 11) is 0. The first kappa shape index (κ1) is 20.0. The zero-order valence-corrected chi connectivity index (χ0v) is 18.1. The molecule has 0 radical (unpaired) electrons. The zero-order chi connectivity index (χ0) is 21.4. The molecule has 0 saturated carbocycles. The molecular weight excluding hydrogens is 444 g/mol. The molecule has 6 heteroatoms. The molecule has 5 nitrogen and oxygen atoms in total. The molecule has 2 aromatic carbocycles. The van der Waals surface area contributed by atoms with Gasteiger partial charge in [0.2, 0.25) is 0 Å². The van der Waals surface area contributed by atoms with Gasteiger partial charge in [-0.2, -0.15) is 0 Å². The number of ketones is 1. The summed E-state index contributed by atoms with van der Waals surface area (Å²) < 4.78 is 0.889. The van der Waals surface area contributed by atoms with Crippen LogP contribution in [0, 0.1) is 13.8 Å². The van der Waals surface area contributed by atoms with E-state index in [1.54, 1.807) is 54.7 Å². The number of rotatable bonds is 3. The highest BCUT2D eigenvalue weighted by Crippen LogP contribution is 2.41. The maximum absolute atomic E-state index is 13.1. The molecule has 3 aromatic rings. The van der Waals surface area contributed by atoms with E-state index in [2.05, 4.69) is 20.9 Å². The van der Waals surface area contributed by atoms with Crippen LogP contribution in [0.4, 0.5) is 5.69 Å². The molecule has 150 valence electrons. The normalized spacial score (nSPS) is 18.1. The molecule has 0 aliphatic carbocycles. The average Bonchev–Trinajstić information content (AvgIpc) is 3.02. The van der Waals surface area contributed by atoms with Crippen LogP contribution in [0.15, 0.2) is 76.9 Å². The number of nitrogens with zero attached hydrogens (tertiary/aromatic N) is 2. The highest BCUT2D eigenvalue weighted by molar-refractivity contribution is 9.10. The highest BCUT2D eigenvalue weighted by Gasteiger charge is 2.47. The van der Waals surface area contributed by atoms with Crippen molar-refractivity contribution in [1.82, 2.24) is 4.98 Å². The number of carbonyl (C=O) groups is 2. The summed E-state index contributed by atoms with van der Waals surface area (Å²) in [6.07, 6.45) is 1.61. The van der Waals surface area contributed by atoms with Crippen molar-refractivity contribution in [2.45, 2.75) is 19.9 Å². The minimum Gasteiger partial charge on any atom is -0.507 e. The second kappa shape index (κ2) is 7.88. The number of pyridine rings is 1. The molecule has 1 amide bonds. The summed E-state index contributed by atoms with van der Waals surface area (Å²) in [5, 5.41) is 11.1. The number of halogens is 1. The molecule has 2 heterocycles. The molecule has 1 atom stereocenters. The van der Waals surface area contributed by atoms with E-state index < -0.39 is 17.7 Å². The number of aryl methyl sites for hydroxylation is 2. The Hall–Kier alpha value is -3.25. The number of hydrogen-bond donors (Lipinski definition) is 1. The maximum atomic E-state index is 13.1. The number of hydrogen-bond acceptors (Lipinski definition) is 4. The Morgan fingerprint density at radius 3 is 2.40 bits per heavy atom. The Balaban J connectivity index is 1.94. The quantitative estimate of drug-likeness (QED) is 0.334. The predicted molar refractivity (Wildman–Crippen MR) is 119 cm³/mol. The first-order chi connectivity index (χ1) is 14.4. The molecule has 4 rings (SSSR count). The van der Waals surface area contributed by atoms with Crippen molar-refractivity contribution < 1.29 is 14.7 Å². The van der Waals surface area contributed by atoms with Gasteiger partial charge in [0.05, 0.1) is 11.3 Å². The van der Waals surface area contributed by atoms with Gasteiger partial charge in [-0.05, 0) is 55.8 Å². The summed E-state index contributed by atoms with van der Waals surface area (Å²) in [5.74, 6) is -1.64. The van der Waals surface area contributed by atoms with Crippen LogP contribution in [0.25, 0.3) is 5.76 Å².